The highest BCUT2D eigenvalue weighted by molar-refractivity contribution is 5.25. The Labute approximate surface area is 267 Å². The first-order chi connectivity index (χ1) is 20.9. The van der Waals surface area contributed by atoms with Crippen LogP contribution >= 0.6 is 0 Å². The summed E-state index contributed by atoms with van der Waals surface area (Å²) in [6.07, 6.45) is 5.80. The second kappa shape index (κ2) is 9.09. The molecule has 2 aliphatic heterocycles. The molecule has 250 valence electrons. The van der Waals surface area contributed by atoms with Gasteiger partial charge in [0, 0.05) is 18.4 Å². The van der Waals surface area contributed by atoms with Gasteiger partial charge >= 0.3 is 12.0 Å². The van der Waals surface area contributed by atoms with Gasteiger partial charge in [-0.15, -0.1) is 0 Å². The van der Waals surface area contributed by atoms with Crippen LogP contribution < -0.4 is 0 Å². The maximum atomic E-state index is 14.9. The van der Waals surface area contributed by atoms with Crippen LogP contribution in [0.5, 0.6) is 0 Å². The van der Waals surface area contributed by atoms with Gasteiger partial charge in [0.1, 0.15) is 0 Å². The fraction of sp³-hybridized carbons (Fsp3) is 0.842. The van der Waals surface area contributed by atoms with Crippen LogP contribution in [0.1, 0.15) is 118 Å². The van der Waals surface area contributed by atoms with Crippen molar-refractivity contribution in [2.24, 2.45) is 56.2 Å². The Morgan fingerprint density at radius 2 is 1.42 bits per heavy atom. The number of hydrogen-bond acceptors (Lipinski definition) is 4. The molecule has 0 N–H and O–H groups in total. The third-order valence-electron chi connectivity index (χ3n) is 15.9. The maximum absolute atomic E-state index is 14.9. The summed E-state index contributed by atoms with van der Waals surface area (Å²) in [6, 6.07) is 7.73. The van der Waals surface area contributed by atoms with Crippen LogP contribution in [0.2, 0.25) is 0 Å². The summed E-state index contributed by atoms with van der Waals surface area (Å²) in [5.41, 5.74) is 0.117. The van der Waals surface area contributed by atoms with Gasteiger partial charge in [0.05, 0.1) is 12.7 Å². The summed E-state index contributed by atoms with van der Waals surface area (Å²) in [7, 11) is 0. The Hall–Kier alpha value is -1.15. The highest BCUT2D eigenvalue weighted by atomic mass is 19.4. The van der Waals surface area contributed by atoms with Crippen molar-refractivity contribution in [2.45, 2.75) is 137 Å². The quantitative estimate of drug-likeness (QED) is 0.290. The first-order valence-corrected chi connectivity index (χ1v) is 17.7. The number of rotatable bonds is 1. The zero-order valence-electron chi connectivity index (χ0n) is 28.3. The normalized spacial score (nSPS) is 52.9. The number of halogens is 3. The van der Waals surface area contributed by atoms with E-state index in [-0.39, 0.29) is 32.6 Å². The monoisotopic (exact) mass is 630 g/mol. The van der Waals surface area contributed by atoms with Gasteiger partial charge in [-0.2, -0.15) is 22.9 Å². The van der Waals surface area contributed by atoms with Crippen molar-refractivity contribution in [3.05, 3.63) is 35.9 Å². The van der Waals surface area contributed by atoms with E-state index in [1.165, 1.54) is 50.7 Å². The molecule has 1 aromatic carbocycles. The summed E-state index contributed by atoms with van der Waals surface area (Å²) in [4.78, 5) is 11.4. The minimum atomic E-state index is -4.81. The third-order valence-corrected chi connectivity index (χ3v) is 15.9. The summed E-state index contributed by atoms with van der Waals surface area (Å²) in [6.45, 7) is 17.7. The summed E-state index contributed by atoms with van der Waals surface area (Å²) < 4.78 is 57.8. The van der Waals surface area contributed by atoms with Gasteiger partial charge in [-0.3, -0.25) is 0 Å². The molecular weight excluding hydrogens is 577 g/mol. The van der Waals surface area contributed by atoms with E-state index >= 15 is 0 Å². The summed E-state index contributed by atoms with van der Waals surface area (Å²) in [5.74, 6) is -2.49. The number of fused-ring (bicyclic) bond motifs is 5. The van der Waals surface area contributed by atoms with Crippen molar-refractivity contribution in [2.75, 3.05) is 6.61 Å². The van der Waals surface area contributed by atoms with Crippen molar-refractivity contribution < 1.29 is 32.4 Å². The van der Waals surface area contributed by atoms with Gasteiger partial charge in [-0.05, 0) is 108 Å². The van der Waals surface area contributed by atoms with Gasteiger partial charge < -0.3 is 9.47 Å². The third kappa shape index (κ3) is 3.82. The average Bonchev–Trinajstić information content (AvgIpc) is 3.49. The first-order valence-electron chi connectivity index (χ1n) is 17.7. The van der Waals surface area contributed by atoms with Crippen LogP contribution in [0.4, 0.5) is 13.2 Å². The van der Waals surface area contributed by atoms with Gasteiger partial charge in [0.2, 0.25) is 5.79 Å². The molecule has 0 aromatic heterocycles. The smallest absolute Gasteiger partial charge is 0.377 e. The molecule has 1 aromatic rings. The molecule has 7 aliphatic rings. The molecule has 45 heavy (non-hydrogen) atoms. The van der Waals surface area contributed by atoms with Crippen molar-refractivity contribution >= 4 is 0 Å². The summed E-state index contributed by atoms with van der Waals surface area (Å²) in [5, 5.41) is 0. The molecule has 0 radical (unpaired) electrons. The molecule has 0 amide bonds. The largest absolute Gasteiger partial charge is 0.451 e. The maximum Gasteiger partial charge on any atom is 0.451 e. The molecule has 4 nitrogen and oxygen atoms in total. The molecule has 0 unspecified atom stereocenters. The lowest BCUT2D eigenvalue weighted by Gasteiger charge is -2.73. The Morgan fingerprint density at radius 1 is 0.711 bits per heavy atom. The van der Waals surface area contributed by atoms with Gasteiger partial charge in [-0.25, -0.2) is 0 Å². The predicted molar refractivity (Wildman–Crippen MR) is 164 cm³/mol. The number of alkyl halides is 3. The van der Waals surface area contributed by atoms with Crippen LogP contribution in [-0.2, 0) is 25.0 Å². The average molecular weight is 631 g/mol. The topological polar surface area (TPSA) is 36.9 Å². The molecule has 8 rings (SSSR count). The zero-order chi connectivity index (χ0) is 32.1. The second-order valence-electron chi connectivity index (χ2n) is 18.8. The van der Waals surface area contributed by atoms with Crippen LogP contribution in [0.25, 0.3) is 0 Å². The Bertz CT molecular complexity index is 1360. The Kier molecular flexibility index (Phi) is 6.29. The van der Waals surface area contributed by atoms with Crippen LogP contribution in [0, 0.1) is 56.2 Å². The van der Waals surface area contributed by atoms with E-state index in [4.69, 9.17) is 19.2 Å². The molecule has 2 saturated heterocycles. The molecule has 1 spiro atoms. The van der Waals surface area contributed by atoms with E-state index in [1.807, 2.05) is 0 Å². The SMILES string of the molecule is CC1(C)CC[C@]23CC[C@]4(C)[C@H](CC[C@@H]5[C@@]6(C)C[C@@]7(CC(C)(C)[C@@H]6CC[C@]54C)OO[C@@](c4ccccc4)(C(F)(F)F)O7)[C@H]2[C@H]1OC3. The highest BCUT2D eigenvalue weighted by Gasteiger charge is 2.76. The minimum absolute atomic E-state index is 0.0679. The Morgan fingerprint density at radius 3 is 2.13 bits per heavy atom. The standard InChI is InChI=1S/C38H53F3O4/c1-30(2)17-19-35-20-18-33(6)25(28(35)29(30)42-23-35)13-14-27-32(5)22-36(21-31(3,4)26(32)15-16-34(27,33)7)43-37(45-44-36,38(39,40)41)24-11-9-8-10-12-24/h8-12,25-29H,13-23H2,1-7H3/t25-,26+,27-,28+,29-,32+,33-,34-,35-,36-,37+/m1/s1. The predicted octanol–water partition coefficient (Wildman–Crippen LogP) is 9.97. The fourth-order valence-corrected chi connectivity index (χ4v) is 13.9. The van der Waals surface area contributed by atoms with Gasteiger partial charge in [0.25, 0.3) is 0 Å². The molecule has 11 atom stereocenters. The summed E-state index contributed by atoms with van der Waals surface area (Å²) >= 11 is 0. The van der Waals surface area contributed by atoms with Crippen molar-refractivity contribution in [3.8, 4) is 0 Å². The van der Waals surface area contributed by atoms with Crippen molar-refractivity contribution in [3.63, 3.8) is 0 Å². The van der Waals surface area contributed by atoms with Gasteiger partial charge in [0.15, 0.2) is 0 Å². The molecule has 7 heteroatoms. The van der Waals surface area contributed by atoms with Crippen molar-refractivity contribution in [1.29, 1.82) is 0 Å². The number of ether oxygens (including phenoxy) is 2. The molecule has 2 heterocycles. The lowest BCUT2D eigenvalue weighted by Crippen LogP contribution is -2.68. The van der Waals surface area contributed by atoms with E-state index in [0.717, 1.165) is 19.4 Å². The number of hydrogen-bond donors (Lipinski definition) is 0. The van der Waals surface area contributed by atoms with E-state index in [0.29, 0.717) is 48.0 Å². The fourth-order valence-electron chi connectivity index (χ4n) is 13.9. The molecule has 7 fully saturated rings. The molecular formula is C38H53F3O4. The number of benzene rings is 1. The molecule has 5 saturated carbocycles. The molecule has 2 bridgehead atoms. The lowest BCUT2D eigenvalue weighted by atomic mass is 9.31. The highest BCUT2D eigenvalue weighted by Crippen LogP contribution is 2.79. The van der Waals surface area contributed by atoms with E-state index in [2.05, 4.69) is 48.5 Å². The Balaban J connectivity index is 1.17. The van der Waals surface area contributed by atoms with Gasteiger partial charge in [-0.1, -0.05) is 78.8 Å². The van der Waals surface area contributed by atoms with Crippen LogP contribution in [0.3, 0.4) is 0 Å². The first kappa shape index (κ1) is 31.1. The molecule has 5 aliphatic carbocycles. The van der Waals surface area contributed by atoms with E-state index in [1.54, 1.807) is 18.2 Å². The van der Waals surface area contributed by atoms with Crippen molar-refractivity contribution in [1.82, 2.24) is 0 Å². The van der Waals surface area contributed by atoms with Crippen LogP contribution in [0.15, 0.2) is 30.3 Å². The minimum Gasteiger partial charge on any atom is -0.377 e. The zero-order valence-corrected chi connectivity index (χ0v) is 28.3. The second-order valence-corrected chi connectivity index (χ2v) is 18.8. The van der Waals surface area contributed by atoms with E-state index in [9.17, 15) is 13.2 Å². The lowest BCUT2D eigenvalue weighted by molar-refractivity contribution is -0.423. The van der Waals surface area contributed by atoms with Crippen LogP contribution in [-0.4, -0.2) is 24.7 Å². The van der Waals surface area contributed by atoms with E-state index < -0.39 is 17.8 Å².